The Bertz CT molecular complexity index is 1070. The van der Waals surface area contributed by atoms with Gasteiger partial charge < -0.3 is 20.2 Å². The minimum atomic E-state index is -0.729. The van der Waals surface area contributed by atoms with Gasteiger partial charge in [0.15, 0.2) is 0 Å². The van der Waals surface area contributed by atoms with E-state index in [-0.39, 0.29) is 18.0 Å². The molecule has 2 fully saturated rings. The minimum Gasteiger partial charge on any atom is -0.480 e. The molecule has 0 radical (unpaired) electrons. The standard InChI is InChI=1S/C31H43ClN4O3/c1-4-36(31(39)33-18-23-10-12-26(32)13-11-23)27-14-16-34(17-15-27)19-25-20-35(29(22(2)3)30(37)38)21-28(25)24-8-6-5-7-9-24/h5-13,22,25,27-29H,4,14-21H2,1-3H3,(H,33,39)(H,37,38). The lowest BCUT2D eigenvalue weighted by atomic mass is 9.88. The molecule has 212 valence electrons. The van der Waals surface area contributed by atoms with Gasteiger partial charge in [-0.15, -0.1) is 0 Å². The molecule has 4 rings (SSSR count). The molecule has 2 aromatic carbocycles. The van der Waals surface area contributed by atoms with Crippen molar-refractivity contribution in [2.45, 2.75) is 58.2 Å². The van der Waals surface area contributed by atoms with Crippen molar-refractivity contribution >= 4 is 23.6 Å². The third-order valence-corrected chi connectivity index (χ3v) is 8.68. The molecule has 2 amide bonds. The molecule has 8 heteroatoms. The number of carbonyl (C=O) groups excluding carboxylic acids is 1. The van der Waals surface area contributed by atoms with E-state index >= 15 is 0 Å². The molecule has 2 aliphatic rings. The lowest BCUT2D eigenvalue weighted by molar-refractivity contribution is -0.144. The SMILES string of the molecule is CCN(C(=O)NCc1ccc(Cl)cc1)C1CCN(CC2CN(C(C(=O)O)C(C)C)CC2c2ccccc2)CC1. The maximum absolute atomic E-state index is 13.0. The Labute approximate surface area is 238 Å². The van der Waals surface area contributed by atoms with Gasteiger partial charge in [-0.2, -0.15) is 0 Å². The van der Waals surface area contributed by atoms with Crippen LogP contribution in [0.3, 0.4) is 0 Å². The molecule has 39 heavy (non-hydrogen) atoms. The smallest absolute Gasteiger partial charge is 0.321 e. The minimum absolute atomic E-state index is 0.0186. The highest BCUT2D eigenvalue weighted by atomic mass is 35.5. The molecule has 2 saturated heterocycles. The lowest BCUT2D eigenvalue weighted by Gasteiger charge is -2.39. The molecular formula is C31H43ClN4O3. The van der Waals surface area contributed by atoms with Crippen molar-refractivity contribution in [2.24, 2.45) is 11.8 Å². The number of carboxylic acid groups (broad SMARTS) is 1. The first-order chi connectivity index (χ1) is 18.8. The second-order valence-electron chi connectivity index (χ2n) is 11.4. The van der Waals surface area contributed by atoms with E-state index < -0.39 is 12.0 Å². The van der Waals surface area contributed by atoms with Gasteiger partial charge in [-0.05, 0) is 54.9 Å². The van der Waals surface area contributed by atoms with Gasteiger partial charge in [-0.1, -0.05) is 67.9 Å². The molecule has 0 spiro atoms. The van der Waals surface area contributed by atoms with E-state index in [1.54, 1.807) is 0 Å². The van der Waals surface area contributed by atoms with Gasteiger partial charge in [-0.25, -0.2) is 4.79 Å². The van der Waals surface area contributed by atoms with Crippen molar-refractivity contribution in [1.82, 2.24) is 20.0 Å². The van der Waals surface area contributed by atoms with Crippen molar-refractivity contribution in [3.8, 4) is 0 Å². The van der Waals surface area contributed by atoms with E-state index in [0.29, 0.717) is 29.9 Å². The van der Waals surface area contributed by atoms with Crippen LogP contribution in [0, 0.1) is 11.8 Å². The Balaban J connectivity index is 1.34. The number of nitrogens with zero attached hydrogens (tertiary/aromatic N) is 3. The zero-order valence-corrected chi connectivity index (χ0v) is 24.2. The Morgan fingerprint density at radius 1 is 1.05 bits per heavy atom. The first-order valence-electron chi connectivity index (χ1n) is 14.3. The van der Waals surface area contributed by atoms with Crippen LogP contribution in [-0.4, -0.2) is 83.2 Å². The number of halogens is 1. The van der Waals surface area contributed by atoms with Crippen LogP contribution in [0.25, 0.3) is 0 Å². The fourth-order valence-electron chi connectivity index (χ4n) is 6.45. The van der Waals surface area contributed by atoms with Gasteiger partial charge >= 0.3 is 12.0 Å². The van der Waals surface area contributed by atoms with Crippen molar-refractivity contribution < 1.29 is 14.7 Å². The number of carboxylic acids is 1. The number of amides is 2. The van der Waals surface area contributed by atoms with Gasteiger partial charge in [0.2, 0.25) is 0 Å². The number of hydrogen-bond acceptors (Lipinski definition) is 4. The lowest BCUT2D eigenvalue weighted by Crippen LogP contribution is -2.51. The Morgan fingerprint density at radius 2 is 1.72 bits per heavy atom. The molecule has 7 nitrogen and oxygen atoms in total. The van der Waals surface area contributed by atoms with Crippen LogP contribution in [0.4, 0.5) is 4.79 Å². The molecule has 0 saturated carbocycles. The molecule has 3 atom stereocenters. The highest BCUT2D eigenvalue weighted by Gasteiger charge is 2.41. The number of nitrogens with one attached hydrogen (secondary N) is 1. The highest BCUT2D eigenvalue weighted by Crippen LogP contribution is 2.36. The van der Waals surface area contributed by atoms with Crippen molar-refractivity contribution in [3.63, 3.8) is 0 Å². The second-order valence-corrected chi connectivity index (χ2v) is 11.8. The molecule has 0 bridgehead atoms. The number of likely N-dealkylation sites (tertiary alicyclic amines) is 2. The second kappa shape index (κ2) is 13.6. The fourth-order valence-corrected chi connectivity index (χ4v) is 6.58. The van der Waals surface area contributed by atoms with Crippen molar-refractivity contribution in [3.05, 3.63) is 70.7 Å². The van der Waals surface area contributed by atoms with Crippen molar-refractivity contribution in [2.75, 3.05) is 39.3 Å². The zero-order valence-electron chi connectivity index (χ0n) is 23.4. The van der Waals surface area contributed by atoms with Crippen LogP contribution in [0.2, 0.25) is 5.02 Å². The molecule has 0 aliphatic carbocycles. The maximum Gasteiger partial charge on any atom is 0.321 e. The first kappa shape index (κ1) is 29.4. The third kappa shape index (κ3) is 7.53. The summed E-state index contributed by atoms with van der Waals surface area (Å²) in [7, 11) is 0. The highest BCUT2D eigenvalue weighted by molar-refractivity contribution is 6.30. The van der Waals surface area contributed by atoms with Crippen LogP contribution in [0.5, 0.6) is 0 Å². The predicted molar refractivity (Wildman–Crippen MR) is 156 cm³/mol. The number of benzene rings is 2. The van der Waals surface area contributed by atoms with E-state index in [1.807, 2.05) is 56.0 Å². The molecule has 0 aromatic heterocycles. The van der Waals surface area contributed by atoms with Gasteiger partial charge in [0.1, 0.15) is 6.04 Å². The summed E-state index contributed by atoms with van der Waals surface area (Å²) < 4.78 is 0. The summed E-state index contributed by atoms with van der Waals surface area (Å²) in [4.78, 5) is 31.8. The summed E-state index contributed by atoms with van der Waals surface area (Å²) in [6, 6.07) is 17.8. The third-order valence-electron chi connectivity index (χ3n) is 8.42. The fraction of sp³-hybridized carbons (Fsp3) is 0.548. The normalized spacial score (nSPS) is 21.7. The van der Waals surface area contributed by atoms with Gasteiger partial charge in [0, 0.05) is 62.8 Å². The molecule has 2 N–H and O–H groups in total. The molecular weight excluding hydrogens is 512 g/mol. The molecule has 2 heterocycles. The zero-order chi connectivity index (χ0) is 27.9. The molecule has 2 aliphatic heterocycles. The van der Waals surface area contributed by atoms with Crippen molar-refractivity contribution in [1.29, 1.82) is 0 Å². The number of hydrogen-bond donors (Lipinski definition) is 2. The average Bonchev–Trinajstić information content (AvgIpc) is 3.32. The number of rotatable bonds is 10. The Morgan fingerprint density at radius 3 is 2.31 bits per heavy atom. The summed E-state index contributed by atoms with van der Waals surface area (Å²) in [5.74, 6) is 0.0105. The average molecular weight is 555 g/mol. The van der Waals surface area contributed by atoms with Crippen LogP contribution in [0.15, 0.2) is 54.6 Å². The van der Waals surface area contributed by atoms with Gasteiger partial charge in [0.25, 0.3) is 0 Å². The first-order valence-corrected chi connectivity index (χ1v) is 14.7. The van der Waals surface area contributed by atoms with Crippen LogP contribution < -0.4 is 5.32 Å². The number of urea groups is 1. The van der Waals surface area contributed by atoms with Crippen LogP contribution in [0.1, 0.15) is 50.7 Å². The van der Waals surface area contributed by atoms with E-state index in [4.69, 9.17) is 11.6 Å². The number of carbonyl (C=O) groups is 2. The molecule has 3 unspecified atom stereocenters. The summed E-state index contributed by atoms with van der Waals surface area (Å²) >= 11 is 5.97. The van der Waals surface area contributed by atoms with Crippen LogP contribution >= 0.6 is 11.6 Å². The monoisotopic (exact) mass is 554 g/mol. The van der Waals surface area contributed by atoms with E-state index in [1.165, 1.54) is 5.56 Å². The summed E-state index contributed by atoms with van der Waals surface area (Å²) in [6.07, 6.45) is 1.89. The summed E-state index contributed by atoms with van der Waals surface area (Å²) in [6.45, 7) is 11.6. The van der Waals surface area contributed by atoms with E-state index in [0.717, 1.165) is 51.1 Å². The topological polar surface area (TPSA) is 76.1 Å². The summed E-state index contributed by atoms with van der Waals surface area (Å²) in [5, 5.41) is 13.7. The van der Waals surface area contributed by atoms with Crippen LogP contribution in [-0.2, 0) is 11.3 Å². The largest absolute Gasteiger partial charge is 0.480 e. The number of piperidine rings is 1. The maximum atomic E-state index is 13.0. The predicted octanol–water partition coefficient (Wildman–Crippen LogP) is 5.16. The Kier molecular flexibility index (Phi) is 10.3. The summed E-state index contributed by atoms with van der Waals surface area (Å²) in [5.41, 5.74) is 2.32. The quantitative estimate of drug-likeness (QED) is 0.424. The Hall–Kier alpha value is -2.61. The van der Waals surface area contributed by atoms with E-state index in [9.17, 15) is 14.7 Å². The molecule has 2 aromatic rings. The van der Waals surface area contributed by atoms with Gasteiger partial charge in [-0.3, -0.25) is 9.69 Å². The van der Waals surface area contributed by atoms with E-state index in [2.05, 4.69) is 39.4 Å². The van der Waals surface area contributed by atoms with Gasteiger partial charge in [0.05, 0.1) is 0 Å². The number of aliphatic carboxylic acids is 1.